The van der Waals surface area contributed by atoms with Crippen LogP contribution in [-0.4, -0.2) is 47.3 Å². The van der Waals surface area contributed by atoms with Gasteiger partial charge in [0, 0.05) is 12.2 Å². The molecule has 27 heavy (non-hydrogen) atoms. The number of hydrogen-bond donors (Lipinski definition) is 2. The van der Waals surface area contributed by atoms with E-state index in [-0.39, 0.29) is 16.7 Å². The van der Waals surface area contributed by atoms with E-state index in [2.05, 4.69) is 0 Å². The van der Waals surface area contributed by atoms with E-state index in [1.807, 2.05) is 13.0 Å². The van der Waals surface area contributed by atoms with Gasteiger partial charge in [-0.3, -0.25) is 0 Å². The second kappa shape index (κ2) is 8.52. The van der Waals surface area contributed by atoms with Gasteiger partial charge in [0.1, 0.15) is 0 Å². The lowest BCUT2D eigenvalue weighted by atomic mass is 9.78. The van der Waals surface area contributed by atoms with Crippen LogP contribution in [-0.2, 0) is 14.3 Å². The van der Waals surface area contributed by atoms with Crippen molar-refractivity contribution in [3.63, 3.8) is 0 Å². The third kappa shape index (κ3) is 3.57. The fraction of sp³-hybridized carbons (Fsp3) is 0.350. The van der Waals surface area contributed by atoms with Crippen molar-refractivity contribution in [1.29, 1.82) is 5.26 Å². The highest BCUT2D eigenvalue weighted by Gasteiger charge is 2.41. The Labute approximate surface area is 157 Å². The normalized spacial score (nSPS) is 17.0. The number of aliphatic carboxylic acids is 1. The van der Waals surface area contributed by atoms with Gasteiger partial charge in [0.15, 0.2) is 0 Å². The number of carboxylic acid groups (broad SMARTS) is 1. The third-order valence-corrected chi connectivity index (χ3v) is 4.63. The Morgan fingerprint density at radius 1 is 1.30 bits per heavy atom. The number of nitriles is 1. The summed E-state index contributed by atoms with van der Waals surface area (Å²) in [6.45, 7) is 3.54. The molecule has 1 heterocycles. The van der Waals surface area contributed by atoms with Crippen LogP contribution in [0.4, 0.5) is 0 Å². The minimum atomic E-state index is -1.19. The summed E-state index contributed by atoms with van der Waals surface area (Å²) in [6, 6.07) is 8.57. The summed E-state index contributed by atoms with van der Waals surface area (Å²) < 4.78 is 4.90. The number of aliphatic hydroxyl groups is 1. The topological polar surface area (TPSA) is 111 Å². The fourth-order valence-electron chi connectivity index (χ4n) is 3.50. The van der Waals surface area contributed by atoms with Crippen LogP contribution >= 0.6 is 0 Å². The van der Waals surface area contributed by atoms with Crippen molar-refractivity contribution >= 4 is 11.9 Å². The summed E-state index contributed by atoms with van der Waals surface area (Å²) in [7, 11) is 1.20. The Morgan fingerprint density at radius 3 is 2.48 bits per heavy atom. The van der Waals surface area contributed by atoms with Crippen molar-refractivity contribution in [2.45, 2.75) is 26.2 Å². The molecule has 0 amide bonds. The van der Waals surface area contributed by atoms with Crippen molar-refractivity contribution in [2.75, 3.05) is 20.3 Å². The molecule has 0 saturated heterocycles. The number of benzene rings is 1. The number of esters is 1. The average Bonchev–Trinajstić information content (AvgIpc) is 2.67. The quantitative estimate of drug-likeness (QED) is 0.738. The molecule has 2 N–H and O–H groups in total. The molecule has 0 bridgehead atoms. The van der Waals surface area contributed by atoms with Gasteiger partial charge in [0.05, 0.1) is 48.1 Å². The lowest BCUT2D eigenvalue weighted by Crippen LogP contribution is -2.37. The first kappa shape index (κ1) is 20.2. The maximum absolute atomic E-state index is 12.6. The zero-order valence-electron chi connectivity index (χ0n) is 15.5. The number of carbonyl (C=O) groups excluding carboxylic acids is 1. The minimum Gasteiger partial charge on any atom is -0.478 e. The first-order valence-electron chi connectivity index (χ1n) is 8.55. The van der Waals surface area contributed by atoms with E-state index in [1.54, 1.807) is 36.1 Å². The highest BCUT2D eigenvalue weighted by Crippen LogP contribution is 2.43. The molecule has 1 aromatic rings. The summed E-state index contributed by atoms with van der Waals surface area (Å²) in [4.78, 5) is 26.4. The molecule has 0 aromatic heterocycles. The van der Waals surface area contributed by atoms with Gasteiger partial charge < -0.3 is 19.8 Å². The van der Waals surface area contributed by atoms with Crippen molar-refractivity contribution in [3.8, 4) is 6.07 Å². The predicted molar refractivity (Wildman–Crippen MR) is 97.4 cm³/mol. The number of ether oxygens (including phenoxy) is 1. The zero-order valence-corrected chi connectivity index (χ0v) is 15.5. The Hall–Kier alpha value is -3.11. The molecular weight excluding hydrogens is 348 g/mol. The summed E-state index contributed by atoms with van der Waals surface area (Å²) in [5.74, 6) is -2.94. The molecule has 0 saturated carbocycles. The number of carbonyl (C=O) groups is 2. The molecule has 7 nitrogen and oxygen atoms in total. The third-order valence-electron chi connectivity index (χ3n) is 4.63. The second-order valence-corrected chi connectivity index (χ2v) is 6.10. The molecule has 0 fully saturated rings. The SMILES string of the molecule is CCCN1C(C)=C(C(=O)O)C(c2ccccc2C#N)C(C(=O)OC)=C1CO. The van der Waals surface area contributed by atoms with Gasteiger partial charge in [-0.2, -0.15) is 5.26 Å². The molecule has 2 rings (SSSR count). The lowest BCUT2D eigenvalue weighted by Gasteiger charge is -2.38. The van der Waals surface area contributed by atoms with E-state index in [0.717, 1.165) is 0 Å². The number of allylic oxidation sites excluding steroid dienone is 1. The van der Waals surface area contributed by atoms with Crippen LogP contribution in [0.1, 0.15) is 37.3 Å². The van der Waals surface area contributed by atoms with Gasteiger partial charge in [-0.1, -0.05) is 25.1 Å². The van der Waals surface area contributed by atoms with E-state index in [9.17, 15) is 25.1 Å². The van der Waals surface area contributed by atoms with Crippen LogP contribution in [0.2, 0.25) is 0 Å². The van der Waals surface area contributed by atoms with Crippen LogP contribution in [0, 0.1) is 11.3 Å². The van der Waals surface area contributed by atoms with Gasteiger partial charge in [0.25, 0.3) is 0 Å². The van der Waals surface area contributed by atoms with E-state index in [0.29, 0.717) is 29.9 Å². The molecule has 1 atom stereocenters. The van der Waals surface area contributed by atoms with E-state index < -0.39 is 24.5 Å². The lowest BCUT2D eigenvalue weighted by molar-refractivity contribution is -0.136. The largest absolute Gasteiger partial charge is 0.478 e. The van der Waals surface area contributed by atoms with Crippen LogP contribution in [0.3, 0.4) is 0 Å². The van der Waals surface area contributed by atoms with Crippen LogP contribution in [0.25, 0.3) is 0 Å². The van der Waals surface area contributed by atoms with Gasteiger partial charge in [-0.25, -0.2) is 9.59 Å². The maximum Gasteiger partial charge on any atom is 0.336 e. The van der Waals surface area contributed by atoms with E-state index in [4.69, 9.17) is 4.74 Å². The molecule has 7 heteroatoms. The Kier molecular flexibility index (Phi) is 6.37. The number of rotatable bonds is 6. The molecule has 0 radical (unpaired) electrons. The number of methoxy groups -OCH3 is 1. The van der Waals surface area contributed by atoms with Crippen LogP contribution in [0.15, 0.2) is 46.8 Å². The van der Waals surface area contributed by atoms with Gasteiger partial charge in [-0.15, -0.1) is 0 Å². The number of aliphatic hydroxyl groups excluding tert-OH is 1. The standard InChI is InChI=1S/C20H22N2O5/c1-4-9-22-12(2)16(19(24)25)17(14-8-6-5-7-13(14)10-21)18(15(22)11-23)20(26)27-3/h5-8,17,23H,4,9,11H2,1-3H3,(H,24,25). The Bertz CT molecular complexity index is 863. The van der Waals surface area contributed by atoms with Crippen molar-refractivity contribution in [3.05, 3.63) is 57.9 Å². The monoisotopic (exact) mass is 370 g/mol. The molecule has 0 spiro atoms. The summed E-state index contributed by atoms with van der Waals surface area (Å²) in [6.07, 6.45) is 0.682. The molecule has 1 unspecified atom stereocenters. The summed E-state index contributed by atoms with van der Waals surface area (Å²) >= 11 is 0. The molecule has 142 valence electrons. The van der Waals surface area contributed by atoms with Crippen molar-refractivity contribution in [1.82, 2.24) is 4.90 Å². The minimum absolute atomic E-state index is 0.0104. The van der Waals surface area contributed by atoms with E-state index >= 15 is 0 Å². The molecular formula is C20H22N2O5. The summed E-state index contributed by atoms with van der Waals surface area (Å²) in [5.41, 5.74) is 1.40. The highest BCUT2D eigenvalue weighted by molar-refractivity contribution is 5.99. The Morgan fingerprint density at radius 2 is 1.96 bits per heavy atom. The van der Waals surface area contributed by atoms with Gasteiger partial charge >= 0.3 is 11.9 Å². The second-order valence-electron chi connectivity index (χ2n) is 6.10. The fourth-order valence-corrected chi connectivity index (χ4v) is 3.50. The molecule has 1 aromatic carbocycles. The highest BCUT2D eigenvalue weighted by atomic mass is 16.5. The number of carboxylic acids is 1. The van der Waals surface area contributed by atoms with Crippen LogP contribution < -0.4 is 0 Å². The first-order valence-corrected chi connectivity index (χ1v) is 8.55. The zero-order chi connectivity index (χ0) is 20.1. The first-order chi connectivity index (χ1) is 12.9. The van der Waals surface area contributed by atoms with E-state index in [1.165, 1.54) is 7.11 Å². The smallest absolute Gasteiger partial charge is 0.336 e. The number of nitrogens with zero attached hydrogens (tertiary/aromatic N) is 2. The summed E-state index contributed by atoms with van der Waals surface area (Å²) in [5, 5.41) is 29.4. The molecule has 1 aliphatic rings. The van der Waals surface area contributed by atoms with Gasteiger partial charge in [-0.05, 0) is 25.0 Å². The molecule has 1 aliphatic heterocycles. The Balaban J connectivity index is 2.90. The maximum atomic E-state index is 12.6. The molecule has 0 aliphatic carbocycles. The average molecular weight is 370 g/mol. The van der Waals surface area contributed by atoms with Crippen molar-refractivity contribution in [2.24, 2.45) is 0 Å². The van der Waals surface area contributed by atoms with Crippen molar-refractivity contribution < 1.29 is 24.5 Å². The van der Waals surface area contributed by atoms with Gasteiger partial charge in [0.2, 0.25) is 0 Å². The number of hydrogen-bond acceptors (Lipinski definition) is 6. The van der Waals surface area contributed by atoms with Crippen LogP contribution in [0.5, 0.6) is 0 Å². The predicted octanol–water partition coefficient (Wildman–Crippen LogP) is 2.15.